The van der Waals surface area contributed by atoms with Crippen LogP contribution in [0.2, 0.25) is 0 Å². The van der Waals surface area contributed by atoms with Crippen molar-refractivity contribution in [2.75, 3.05) is 6.67 Å². The Bertz CT molecular complexity index is 71.2. The molecule has 0 saturated heterocycles. The fourth-order valence-electron chi connectivity index (χ4n) is 0.326. The van der Waals surface area contributed by atoms with E-state index in [1.54, 1.807) is 16.8 Å². The zero-order chi connectivity index (χ0) is 4.41. The predicted octanol–water partition coefficient (Wildman–Crippen LogP) is 0.474. The van der Waals surface area contributed by atoms with E-state index in [-0.39, 0.29) is 0 Å². The van der Waals surface area contributed by atoms with Gasteiger partial charge in [0, 0.05) is 24.2 Å². The first-order valence-electron chi connectivity index (χ1n) is 1.72. The third-order valence-electron chi connectivity index (χ3n) is 0.596. The van der Waals surface area contributed by atoms with Gasteiger partial charge in [0.25, 0.3) is 0 Å². The minimum Gasteiger partial charge on any atom is -0.371 e. The molecule has 0 saturated carbocycles. The summed E-state index contributed by atoms with van der Waals surface area (Å²) in [4.78, 5) is 0. The summed E-state index contributed by atoms with van der Waals surface area (Å²) in [6.07, 6.45) is 3.56. The van der Waals surface area contributed by atoms with E-state index < -0.39 is 0 Å². The molecule has 3 heteroatoms. The summed E-state index contributed by atoms with van der Waals surface area (Å²) in [6, 6.07) is 0. The summed E-state index contributed by atoms with van der Waals surface area (Å²) >= 11 is 5.40. The summed E-state index contributed by atoms with van der Waals surface area (Å²) in [5, 5.41) is 2.89. The molecule has 0 aromatic heterocycles. The van der Waals surface area contributed by atoms with E-state index in [1.165, 1.54) is 0 Å². The molecule has 0 unspecified atom stereocenters. The van der Waals surface area contributed by atoms with Crippen molar-refractivity contribution >= 4 is 11.8 Å². The lowest BCUT2D eigenvalue weighted by Gasteiger charge is -1.97. The summed E-state index contributed by atoms with van der Waals surface area (Å²) in [7, 11) is 0. The number of nitrogens with one attached hydrogen (secondary N) is 1. The van der Waals surface area contributed by atoms with Crippen LogP contribution in [0.5, 0.6) is 0 Å². The molecule has 0 atom stereocenters. The smallest absolute Gasteiger partial charge is 0.102 e. The number of rotatable bonds is 0. The Balaban J connectivity index is 2.38. The van der Waals surface area contributed by atoms with Crippen LogP contribution in [0.1, 0.15) is 0 Å². The van der Waals surface area contributed by atoms with Crippen LogP contribution in [0, 0.1) is 0 Å². The van der Waals surface area contributed by atoms with Gasteiger partial charge in [-0.15, -0.1) is 0 Å². The molecule has 0 aromatic carbocycles. The van der Waals surface area contributed by atoms with Crippen LogP contribution in [0.15, 0.2) is 12.4 Å². The first kappa shape index (κ1) is 3.81. The molecular formula is C3H5ClN2. The maximum Gasteiger partial charge on any atom is 0.102 e. The molecule has 6 heavy (non-hydrogen) atoms. The molecule has 34 valence electrons. The van der Waals surface area contributed by atoms with E-state index in [4.69, 9.17) is 11.8 Å². The van der Waals surface area contributed by atoms with Crippen molar-refractivity contribution in [3.63, 3.8) is 0 Å². The van der Waals surface area contributed by atoms with Gasteiger partial charge >= 0.3 is 0 Å². The van der Waals surface area contributed by atoms with E-state index in [2.05, 4.69) is 5.32 Å². The lowest BCUT2D eigenvalue weighted by atomic mass is 11.0. The monoisotopic (exact) mass is 104 g/mol. The van der Waals surface area contributed by atoms with E-state index >= 15 is 0 Å². The first-order valence-corrected chi connectivity index (χ1v) is 2.06. The van der Waals surface area contributed by atoms with Gasteiger partial charge in [0.1, 0.15) is 6.67 Å². The highest BCUT2D eigenvalue weighted by Gasteiger charge is 1.93. The highest BCUT2D eigenvalue weighted by Crippen LogP contribution is 1.95. The van der Waals surface area contributed by atoms with Crippen molar-refractivity contribution in [2.24, 2.45) is 0 Å². The number of hydrogen-bond acceptors (Lipinski definition) is 2. The van der Waals surface area contributed by atoms with E-state index in [1.807, 2.05) is 0 Å². The normalized spacial score (nSPS) is 18.5. The van der Waals surface area contributed by atoms with Crippen molar-refractivity contribution < 1.29 is 0 Å². The van der Waals surface area contributed by atoms with Crippen molar-refractivity contribution in [2.45, 2.75) is 0 Å². The second kappa shape index (κ2) is 1.39. The fourth-order valence-corrected chi connectivity index (χ4v) is 0.452. The molecule has 0 radical (unpaired) electrons. The van der Waals surface area contributed by atoms with Gasteiger partial charge in [-0.2, -0.15) is 0 Å². The zero-order valence-electron chi connectivity index (χ0n) is 3.19. The molecule has 2 nitrogen and oxygen atoms in total. The molecule has 0 aliphatic carbocycles. The molecule has 0 fully saturated rings. The highest BCUT2D eigenvalue weighted by molar-refractivity contribution is 6.14. The Kier molecular flexibility index (Phi) is 0.881. The van der Waals surface area contributed by atoms with Crippen LogP contribution in [0.4, 0.5) is 0 Å². The van der Waals surface area contributed by atoms with Crippen LogP contribution in [-0.4, -0.2) is 11.1 Å². The fraction of sp³-hybridized carbons (Fsp3) is 0.333. The van der Waals surface area contributed by atoms with Crippen molar-refractivity contribution in [3.05, 3.63) is 12.4 Å². The Labute approximate surface area is 41.5 Å². The van der Waals surface area contributed by atoms with Gasteiger partial charge < -0.3 is 5.32 Å². The van der Waals surface area contributed by atoms with Crippen LogP contribution < -0.4 is 5.32 Å². The van der Waals surface area contributed by atoms with Gasteiger partial charge in [-0.3, -0.25) is 4.42 Å². The van der Waals surface area contributed by atoms with Gasteiger partial charge in [-0.25, -0.2) is 0 Å². The largest absolute Gasteiger partial charge is 0.371 e. The van der Waals surface area contributed by atoms with Gasteiger partial charge in [-0.05, 0) is 0 Å². The van der Waals surface area contributed by atoms with E-state index in [0.29, 0.717) is 0 Å². The van der Waals surface area contributed by atoms with Crippen LogP contribution >= 0.6 is 11.8 Å². The second-order valence-electron chi connectivity index (χ2n) is 1.08. The number of nitrogens with zero attached hydrogens (tertiary/aromatic N) is 1. The van der Waals surface area contributed by atoms with Crippen molar-refractivity contribution in [1.82, 2.24) is 9.74 Å². The Morgan fingerprint density at radius 2 is 2.67 bits per heavy atom. The van der Waals surface area contributed by atoms with E-state index in [9.17, 15) is 0 Å². The number of halogens is 1. The molecular weight excluding hydrogens is 99.5 g/mol. The van der Waals surface area contributed by atoms with Crippen molar-refractivity contribution in [1.29, 1.82) is 0 Å². The van der Waals surface area contributed by atoms with Crippen LogP contribution in [-0.2, 0) is 0 Å². The van der Waals surface area contributed by atoms with E-state index in [0.717, 1.165) is 6.67 Å². The zero-order valence-corrected chi connectivity index (χ0v) is 3.94. The molecule has 1 aliphatic rings. The Morgan fingerprint density at radius 3 is 2.83 bits per heavy atom. The Morgan fingerprint density at radius 1 is 1.83 bits per heavy atom. The molecule has 0 spiro atoms. The minimum atomic E-state index is 0.724. The average Bonchev–Trinajstić information content (AvgIpc) is 1.86. The molecule has 1 aliphatic heterocycles. The lowest BCUT2D eigenvalue weighted by Crippen LogP contribution is -2.09. The number of hydrogen-bond donors (Lipinski definition) is 1. The molecule has 1 rings (SSSR count). The van der Waals surface area contributed by atoms with Gasteiger partial charge in [0.05, 0.1) is 0 Å². The summed E-state index contributed by atoms with van der Waals surface area (Å²) < 4.78 is 1.54. The van der Waals surface area contributed by atoms with Crippen LogP contribution in [0.25, 0.3) is 0 Å². The third-order valence-corrected chi connectivity index (χ3v) is 0.829. The lowest BCUT2D eigenvalue weighted by molar-refractivity contribution is 0.616. The van der Waals surface area contributed by atoms with Crippen molar-refractivity contribution in [3.8, 4) is 0 Å². The molecule has 0 aromatic rings. The van der Waals surface area contributed by atoms with Gasteiger partial charge in [0.15, 0.2) is 0 Å². The quantitative estimate of drug-likeness (QED) is 0.450. The maximum atomic E-state index is 5.40. The Hall–Kier alpha value is -0.370. The molecule has 0 bridgehead atoms. The SMILES string of the molecule is ClN1C=CNC1. The van der Waals surface area contributed by atoms with Gasteiger partial charge in [-0.1, -0.05) is 0 Å². The standard InChI is InChI=1S/C3H5ClN2/c4-6-2-1-5-3-6/h1-2,5H,3H2. The summed E-state index contributed by atoms with van der Waals surface area (Å²) in [5.41, 5.74) is 0. The highest BCUT2D eigenvalue weighted by atomic mass is 35.5. The maximum absolute atomic E-state index is 5.40. The first-order chi connectivity index (χ1) is 2.89. The average molecular weight is 105 g/mol. The summed E-state index contributed by atoms with van der Waals surface area (Å²) in [6.45, 7) is 0.724. The predicted molar refractivity (Wildman–Crippen MR) is 24.8 cm³/mol. The molecule has 1 N–H and O–H groups in total. The van der Waals surface area contributed by atoms with Gasteiger partial charge in [0.2, 0.25) is 0 Å². The molecule has 1 heterocycles. The second-order valence-corrected chi connectivity index (χ2v) is 1.51. The topological polar surface area (TPSA) is 15.3 Å². The van der Waals surface area contributed by atoms with Crippen LogP contribution in [0.3, 0.4) is 0 Å². The third kappa shape index (κ3) is 0.571. The summed E-state index contributed by atoms with van der Waals surface area (Å²) in [5.74, 6) is 0. The minimum absolute atomic E-state index is 0.724. The molecule has 0 amide bonds.